The predicted octanol–water partition coefficient (Wildman–Crippen LogP) is 17.7. The summed E-state index contributed by atoms with van der Waals surface area (Å²) in [6, 6.07) is 4.76. The Morgan fingerprint density at radius 2 is 0.647 bits per heavy atom. The zero-order valence-corrected chi connectivity index (χ0v) is 50.0. The minimum absolute atomic E-state index is 0.250. The van der Waals surface area contributed by atoms with Crippen LogP contribution in [0.4, 0.5) is 8.78 Å². The molecule has 0 saturated carbocycles. The van der Waals surface area contributed by atoms with Gasteiger partial charge in [0.1, 0.15) is 0 Å². The van der Waals surface area contributed by atoms with Gasteiger partial charge in [0.2, 0.25) is 0 Å². The van der Waals surface area contributed by atoms with E-state index in [-0.39, 0.29) is 11.6 Å². The van der Waals surface area contributed by atoms with Crippen LogP contribution in [0.15, 0.2) is 21.4 Å². The number of halogens is 2. The maximum absolute atomic E-state index is 19.7. The fraction of sp³-hybridized carbons (Fsp3) is 0.690. The van der Waals surface area contributed by atoms with Gasteiger partial charge in [-0.25, -0.2) is 0 Å². The van der Waals surface area contributed by atoms with Crippen LogP contribution in [0.2, 0.25) is 29.6 Å². The molecule has 0 fully saturated rings. The van der Waals surface area contributed by atoms with E-state index in [0.29, 0.717) is 33.3 Å². The number of unbranched alkanes of at least 4 members (excludes halogenated alkanes) is 20. The summed E-state index contributed by atoms with van der Waals surface area (Å²) in [5.41, 5.74) is 6.92. The van der Waals surface area contributed by atoms with Gasteiger partial charge in [0.15, 0.2) is 0 Å². The first-order chi connectivity index (χ1) is 32.7. The summed E-state index contributed by atoms with van der Waals surface area (Å²) in [7, 11) is 0. The Morgan fingerprint density at radius 3 is 0.926 bits per heavy atom. The van der Waals surface area contributed by atoms with Gasteiger partial charge in [0, 0.05) is 0 Å². The van der Waals surface area contributed by atoms with Crippen LogP contribution in [-0.2, 0) is 10.8 Å². The van der Waals surface area contributed by atoms with Gasteiger partial charge in [0.05, 0.1) is 0 Å². The maximum atomic E-state index is 19.7. The van der Waals surface area contributed by atoms with Crippen molar-refractivity contribution in [3.63, 3.8) is 0 Å². The summed E-state index contributed by atoms with van der Waals surface area (Å²) in [5.74, 6) is -0.499. The summed E-state index contributed by atoms with van der Waals surface area (Å²) < 4.78 is 53.3. The van der Waals surface area contributed by atoms with Crippen LogP contribution in [0.25, 0.3) is 44.3 Å². The first-order valence-corrected chi connectivity index (χ1v) is 47.9. The van der Waals surface area contributed by atoms with E-state index in [1.54, 1.807) is 0 Å². The molecule has 0 atom stereocenters. The molecular formula is C58H88F2N4O2Sn2. The topological polar surface area (TPSA) is 77.8 Å². The molecule has 3 aromatic carbocycles. The standard InChI is InChI=1S/C52H70F2N4O2.6CH3.2Sn/c1-5-9-13-17-21-25-33-51(34-26-22-18-14-10-6-2)37-29-31-39-49(57-59-55-39)41(37)43-45(51)47(53)44-42-38(30-32-40-50(42)58-60-56-40)52(46(44)48(43)54,35-27-23-19-15-11-7-3)36-28-24-20-16-12-8-4;;;;;;;;/h29-30H,5-28,33-36H2,1-4H3;6*1H3;;. The molecule has 2 aromatic heterocycles. The Morgan fingerprint density at radius 1 is 0.382 bits per heavy atom. The molecule has 7 rings (SSSR count). The van der Waals surface area contributed by atoms with Crippen LogP contribution in [-0.4, -0.2) is 57.4 Å². The van der Waals surface area contributed by atoms with E-state index in [1.807, 2.05) is 0 Å². The molecule has 0 aliphatic heterocycles. The van der Waals surface area contributed by atoms with Gasteiger partial charge in [0.25, 0.3) is 0 Å². The molecule has 0 saturated heterocycles. The Bertz CT molecular complexity index is 2260. The van der Waals surface area contributed by atoms with E-state index in [2.05, 4.69) is 79.8 Å². The second-order valence-electron chi connectivity index (χ2n) is 23.5. The molecule has 5 aromatic rings. The SMILES string of the molecule is CCCCCCCCC1(CCCCCCCC)c2c[c]([Sn]([CH3])([CH3])[CH3])c3nonc3c2-c2c(F)c3c(c(F)c21)-c1c(c[c]([Sn]([CH3])([CH3])[CH3])c2nonc12)C3(CCCCCCCC)CCCCCCCC. The third-order valence-electron chi connectivity index (χ3n) is 16.4. The number of rotatable bonds is 30. The predicted molar refractivity (Wildman–Crippen MR) is 287 cm³/mol. The van der Waals surface area contributed by atoms with Crippen molar-refractivity contribution in [2.24, 2.45) is 0 Å². The fourth-order valence-electron chi connectivity index (χ4n) is 12.7. The van der Waals surface area contributed by atoms with Gasteiger partial charge < -0.3 is 0 Å². The van der Waals surface area contributed by atoms with Gasteiger partial charge in [-0.3, -0.25) is 0 Å². The van der Waals surface area contributed by atoms with Crippen molar-refractivity contribution in [1.29, 1.82) is 0 Å². The van der Waals surface area contributed by atoms with Gasteiger partial charge in [-0.05, 0) is 0 Å². The first-order valence-electron chi connectivity index (χ1n) is 27.9. The van der Waals surface area contributed by atoms with Crippen molar-refractivity contribution in [1.82, 2.24) is 20.6 Å². The molecule has 6 nitrogen and oxygen atoms in total. The number of hydrogen-bond acceptors (Lipinski definition) is 6. The molecule has 0 spiro atoms. The van der Waals surface area contributed by atoms with Crippen LogP contribution >= 0.6 is 0 Å². The molecule has 0 N–H and O–H groups in total. The average molecular weight is 1150 g/mol. The quantitative estimate of drug-likeness (QED) is 0.0337. The normalized spacial score (nSPS) is 14.9. The number of fused-ring (bicyclic) bond motifs is 10. The van der Waals surface area contributed by atoms with Gasteiger partial charge in [-0.1, -0.05) is 0 Å². The second kappa shape index (κ2) is 23.6. The molecule has 0 radical (unpaired) electrons. The van der Waals surface area contributed by atoms with E-state index in [9.17, 15) is 0 Å². The van der Waals surface area contributed by atoms with E-state index >= 15 is 8.78 Å². The van der Waals surface area contributed by atoms with Crippen molar-refractivity contribution in [3.05, 3.63) is 46.0 Å². The summed E-state index contributed by atoms with van der Waals surface area (Å²) in [6.45, 7) is 9.05. The van der Waals surface area contributed by atoms with Crippen LogP contribution in [0.3, 0.4) is 0 Å². The summed E-state index contributed by atoms with van der Waals surface area (Å²) >= 11 is -5.91. The monoisotopic (exact) mass is 1150 g/mol. The minimum atomic E-state index is -2.96. The summed E-state index contributed by atoms with van der Waals surface area (Å²) in [4.78, 5) is 14.5. The van der Waals surface area contributed by atoms with Gasteiger partial charge in [-0.15, -0.1) is 0 Å². The van der Waals surface area contributed by atoms with Crippen molar-refractivity contribution in [3.8, 4) is 22.3 Å². The van der Waals surface area contributed by atoms with Crippen LogP contribution in [0, 0.1) is 11.6 Å². The van der Waals surface area contributed by atoms with Gasteiger partial charge in [-0.2, -0.15) is 0 Å². The number of benzene rings is 3. The second-order valence-corrected chi connectivity index (χ2v) is 52.2. The van der Waals surface area contributed by atoms with Crippen LogP contribution in [0.1, 0.15) is 230 Å². The van der Waals surface area contributed by atoms with Crippen LogP contribution in [0.5, 0.6) is 0 Å². The van der Waals surface area contributed by atoms with Gasteiger partial charge >= 0.3 is 421 Å². The van der Waals surface area contributed by atoms with Crippen molar-refractivity contribution in [2.75, 3.05) is 0 Å². The molecule has 68 heavy (non-hydrogen) atoms. The third kappa shape index (κ3) is 10.7. The Hall–Kier alpha value is -2.08. The van der Waals surface area contributed by atoms with Crippen molar-refractivity contribution >= 4 is 66.0 Å². The number of hydrogen-bond donors (Lipinski definition) is 0. The van der Waals surface area contributed by atoms with E-state index in [4.69, 9.17) is 19.6 Å². The fourth-order valence-corrected chi connectivity index (χ4v) is 21.0. The zero-order valence-electron chi connectivity index (χ0n) is 44.3. The van der Waals surface area contributed by atoms with E-state index in [0.717, 1.165) is 136 Å². The number of nitrogens with zero attached hydrogens (tertiary/aromatic N) is 4. The van der Waals surface area contributed by atoms with E-state index in [1.165, 1.54) is 84.2 Å². The molecule has 0 amide bonds. The molecule has 2 heterocycles. The Kier molecular flexibility index (Phi) is 18.7. The molecule has 0 bridgehead atoms. The first kappa shape index (κ1) is 53.7. The zero-order chi connectivity index (χ0) is 48.7. The third-order valence-corrected chi connectivity index (χ3v) is 27.8. The van der Waals surface area contributed by atoms with E-state index < -0.39 is 47.6 Å². The molecule has 0 unspecified atom stereocenters. The Balaban J connectivity index is 1.55. The molecular weight excluding hydrogens is 1060 g/mol. The van der Waals surface area contributed by atoms with Crippen LogP contribution < -0.4 is 7.16 Å². The van der Waals surface area contributed by atoms with Crippen molar-refractivity contribution < 1.29 is 18.0 Å². The molecule has 374 valence electrons. The van der Waals surface area contributed by atoms with Crippen molar-refractivity contribution in [2.45, 2.75) is 248 Å². The summed E-state index contributed by atoms with van der Waals surface area (Å²) in [5, 5.41) is 18.6. The molecule has 2 aliphatic rings. The average Bonchev–Trinajstić information content (AvgIpc) is 4.10. The molecule has 10 heteroatoms. The Labute approximate surface area is 417 Å². The number of aromatic nitrogens is 4. The summed E-state index contributed by atoms with van der Waals surface area (Å²) in [6.07, 6.45) is 30.3. The molecule has 2 aliphatic carbocycles.